The summed E-state index contributed by atoms with van der Waals surface area (Å²) in [7, 11) is 1.56. The Hall–Kier alpha value is -1.46. The summed E-state index contributed by atoms with van der Waals surface area (Å²) >= 11 is 6.06. The minimum atomic E-state index is -0.310. The van der Waals surface area contributed by atoms with E-state index in [1.165, 1.54) is 0 Å². The zero-order chi connectivity index (χ0) is 15.2. The molecule has 1 fully saturated rings. The number of aliphatic hydroxyl groups is 1. The average molecular weight is 313 g/mol. The highest BCUT2D eigenvalue weighted by Crippen LogP contribution is 2.27. The first-order valence-corrected chi connectivity index (χ1v) is 7.53. The fourth-order valence-corrected chi connectivity index (χ4v) is 2.83. The second-order valence-electron chi connectivity index (χ2n) is 5.28. The van der Waals surface area contributed by atoms with Crippen LogP contribution in [0.1, 0.15) is 25.7 Å². The zero-order valence-corrected chi connectivity index (χ0v) is 12.8. The van der Waals surface area contributed by atoms with Crippen molar-refractivity contribution < 1.29 is 14.6 Å². The van der Waals surface area contributed by atoms with Gasteiger partial charge in [-0.25, -0.2) is 4.79 Å². The number of carbonyl (C=O) groups is 1. The molecule has 0 spiro atoms. The van der Waals surface area contributed by atoms with Gasteiger partial charge in [-0.15, -0.1) is 0 Å². The maximum atomic E-state index is 12.1. The minimum absolute atomic E-state index is 0.00753. The molecule has 2 unspecified atom stereocenters. The molecule has 2 rings (SSSR count). The maximum Gasteiger partial charge on any atom is 0.319 e. The lowest BCUT2D eigenvalue weighted by molar-refractivity contribution is 0.156. The predicted octanol–water partition coefficient (Wildman–Crippen LogP) is 3.02. The van der Waals surface area contributed by atoms with Gasteiger partial charge in [-0.2, -0.15) is 0 Å². The van der Waals surface area contributed by atoms with Gasteiger partial charge in [0.15, 0.2) is 0 Å². The van der Waals surface area contributed by atoms with E-state index in [0.29, 0.717) is 16.5 Å². The summed E-state index contributed by atoms with van der Waals surface area (Å²) in [5.41, 5.74) is 0.505. The van der Waals surface area contributed by atoms with E-state index < -0.39 is 0 Å². The van der Waals surface area contributed by atoms with Gasteiger partial charge in [-0.3, -0.25) is 0 Å². The number of aliphatic hydroxyl groups excluding tert-OH is 1. The van der Waals surface area contributed by atoms with E-state index in [1.807, 2.05) is 0 Å². The third-order valence-electron chi connectivity index (χ3n) is 3.88. The first-order valence-electron chi connectivity index (χ1n) is 7.16. The molecule has 6 heteroatoms. The summed E-state index contributed by atoms with van der Waals surface area (Å²) in [6.45, 7) is 0.102. The molecule has 5 nitrogen and oxygen atoms in total. The molecular weight excluding hydrogens is 292 g/mol. The molecule has 0 saturated heterocycles. The van der Waals surface area contributed by atoms with Crippen LogP contribution in [0.3, 0.4) is 0 Å². The van der Waals surface area contributed by atoms with Crippen LogP contribution >= 0.6 is 11.6 Å². The number of carbonyl (C=O) groups excluding carboxylic acids is 1. The van der Waals surface area contributed by atoms with Crippen LogP contribution in [0.5, 0.6) is 5.75 Å². The average Bonchev–Trinajstić information content (AvgIpc) is 2.50. The molecule has 0 heterocycles. The Morgan fingerprint density at radius 1 is 1.43 bits per heavy atom. The SMILES string of the molecule is COc1ccc(Cl)c(NC(=O)NC2CCCCC2CO)c1. The summed E-state index contributed by atoms with van der Waals surface area (Å²) in [4.78, 5) is 12.1. The van der Waals surface area contributed by atoms with Gasteiger partial charge >= 0.3 is 6.03 Å². The van der Waals surface area contributed by atoms with Gasteiger partial charge in [0.25, 0.3) is 0 Å². The van der Waals surface area contributed by atoms with Gasteiger partial charge in [-0.05, 0) is 25.0 Å². The number of rotatable bonds is 4. The number of methoxy groups -OCH3 is 1. The number of anilines is 1. The molecule has 3 N–H and O–H groups in total. The van der Waals surface area contributed by atoms with E-state index in [2.05, 4.69) is 10.6 Å². The second kappa shape index (κ2) is 7.52. The lowest BCUT2D eigenvalue weighted by atomic mass is 9.85. The summed E-state index contributed by atoms with van der Waals surface area (Å²) in [5, 5.41) is 15.5. The fourth-order valence-electron chi connectivity index (χ4n) is 2.67. The van der Waals surface area contributed by atoms with Crippen molar-refractivity contribution in [1.29, 1.82) is 0 Å². The van der Waals surface area contributed by atoms with Crippen LogP contribution in [0.15, 0.2) is 18.2 Å². The van der Waals surface area contributed by atoms with Crippen molar-refractivity contribution in [1.82, 2.24) is 5.32 Å². The van der Waals surface area contributed by atoms with Gasteiger partial charge < -0.3 is 20.5 Å². The number of hydrogen-bond acceptors (Lipinski definition) is 3. The topological polar surface area (TPSA) is 70.6 Å². The van der Waals surface area contributed by atoms with Crippen LogP contribution in [0.25, 0.3) is 0 Å². The van der Waals surface area contributed by atoms with E-state index in [9.17, 15) is 9.90 Å². The molecule has 0 radical (unpaired) electrons. The molecular formula is C15H21ClN2O3. The van der Waals surface area contributed by atoms with E-state index in [4.69, 9.17) is 16.3 Å². The van der Waals surface area contributed by atoms with Crippen LogP contribution in [-0.4, -0.2) is 30.9 Å². The molecule has 0 aliphatic heterocycles. The van der Waals surface area contributed by atoms with Crippen molar-refractivity contribution in [2.45, 2.75) is 31.7 Å². The summed E-state index contributed by atoms with van der Waals surface area (Å²) in [6.07, 6.45) is 4.01. The molecule has 2 atom stereocenters. The van der Waals surface area contributed by atoms with E-state index in [1.54, 1.807) is 25.3 Å². The van der Waals surface area contributed by atoms with Gasteiger partial charge in [-0.1, -0.05) is 24.4 Å². The number of halogens is 1. The largest absolute Gasteiger partial charge is 0.497 e. The van der Waals surface area contributed by atoms with Crippen molar-refractivity contribution >= 4 is 23.3 Å². The molecule has 116 valence electrons. The summed E-state index contributed by atoms with van der Waals surface area (Å²) in [6, 6.07) is 4.77. The van der Waals surface area contributed by atoms with Gasteiger partial charge in [0.1, 0.15) is 5.75 Å². The number of ether oxygens (including phenoxy) is 1. The molecule has 1 aromatic carbocycles. The van der Waals surface area contributed by atoms with Gasteiger partial charge in [0.05, 0.1) is 17.8 Å². The first-order chi connectivity index (χ1) is 10.1. The number of amides is 2. The van der Waals surface area contributed by atoms with Crippen LogP contribution in [0.4, 0.5) is 10.5 Å². The van der Waals surface area contributed by atoms with E-state index >= 15 is 0 Å². The Morgan fingerprint density at radius 2 is 2.19 bits per heavy atom. The standard InChI is InChI=1S/C15H21ClN2O3/c1-21-11-6-7-12(16)14(8-11)18-15(20)17-13-5-3-2-4-10(13)9-19/h6-8,10,13,19H,2-5,9H2,1H3,(H2,17,18,20). The second-order valence-corrected chi connectivity index (χ2v) is 5.69. The molecule has 2 amide bonds. The molecule has 0 bridgehead atoms. The molecule has 1 aliphatic rings. The van der Waals surface area contributed by atoms with Crippen molar-refractivity contribution in [3.63, 3.8) is 0 Å². The third-order valence-corrected chi connectivity index (χ3v) is 4.21. The van der Waals surface area contributed by atoms with Crippen LogP contribution in [0, 0.1) is 5.92 Å². The smallest absolute Gasteiger partial charge is 0.319 e. The van der Waals surface area contributed by atoms with Crippen molar-refractivity contribution in [2.24, 2.45) is 5.92 Å². The highest BCUT2D eigenvalue weighted by molar-refractivity contribution is 6.33. The minimum Gasteiger partial charge on any atom is -0.497 e. The van der Waals surface area contributed by atoms with E-state index in [-0.39, 0.29) is 24.6 Å². The highest BCUT2D eigenvalue weighted by Gasteiger charge is 2.25. The molecule has 1 saturated carbocycles. The van der Waals surface area contributed by atoms with Crippen LogP contribution < -0.4 is 15.4 Å². The maximum absolute atomic E-state index is 12.1. The number of nitrogens with one attached hydrogen (secondary N) is 2. The number of benzene rings is 1. The normalized spacial score (nSPS) is 21.7. The van der Waals surface area contributed by atoms with Gasteiger partial charge in [0.2, 0.25) is 0 Å². The Kier molecular flexibility index (Phi) is 5.70. The van der Waals surface area contributed by atoms with Crippen molar-refractivity contribution in [2.75, 3.05) is 19.0 Å². The molecule has 1 aromatic rings. The summed E-state index contributed by atoms with van der Waals surface area (Å²) < 4.78 is 5.11. The lowest BCUT2D eigenvalue weighted by Crippen LogP contribution is -2.45. The molecule has 1 aliphatic carbocycles. The molecule has 21 heavy (non-hydrogen) atoms. The van der Waals surface area contributed by atoms with Crippen LogP contribution in [0.2, 0.25) is 5.02 Å². The molecule has 0 aromatic heterocycles. The summed E-state index contributed by atoms with van der Waals surface area (Å²) in [5.74, 6) is 0.755. The van der Waals surface area contributed by atoms with E-state index in [0.717, 1.165) is 25.7 Å². The van der Waals surface area contributed by atoms with Crippen molar-refractivity contribution in [3.05, 3.63) is 23.2 Å². The Labute approximate surface area is 129 Å². The fraction of sp³-hybridized carbons (Fsp3) is 0.533. The number of hydrogen-bond donors (Lipinski definition) is 3. The quantitative estimate of drug-likeness (QED) is 0.800. The lowest BCUT2D eigenvalue weighted by Gasteiger charge is -2.30. The Bertz CT molecular complexity index is 496. The van der Waals surface area contributed by atoms with Crippen molar-refractivity contribution in [3.8, 4) is 5.75 Å². The zero-order valence-electron chi connectivity index (χ0n) is 12.1. The van der Waals surface area contributed by atoms with Crippen LogP contribution in [-0.2, 0) is 0 Å². The highest BCUT2D eigenvalue weighted by atomic mass is 35.5. The van der Waals surface area contributed by atoms with Gasteiger partial charge in [0, 0.05) is 24.6 Å². The Balaban J connectivity index is 1.98. The number of urea groups is 1. The Morgan fingerprint density at radius 3 is 2.90 bits per heavy atom. The predicted molar refractivity (Wildman–Crippen MR) is 83.0 cm³/mol. The monoisotopic (exact) mass is 312 g/mol. The third kappa shape index (κ3) is 4.25. The first kappa shape index (κ1) is 15.9.